The van der Waals surface area contributed by atoms with E-state index in [2.05, 4.69) is 12.6 Å². The largest absolute Gasteiger partial charge is 0.333 e. The van der Waals surface area contributed by atoms with E-state index in [1.165, 1.54) is 7.05 Å². The topological polar surface area (TPSA) is 57.7 Å². The number of thiol groups is 1. The van der Waals surface area contributed by atoms with E-state index in [0.29, 0.717) is 5.75 Å². The lowest BCUT2D eigenvalue weighted by atomic mass is 10.1. The molecule has 1 fully saturated rings. The molecule has 0 aromatic carbocycles. The quantitative estimate of drug-likeness (QED) is 0.441. The third kappa shape index (κ3) is 2.37. The summed E-state index contributed by atoms with van der Waals surface area (Å²) in [6.07, 6.45) is 1.85. The minimum absolute atomic E-state index is 0.153. The van der Waals surface area contributed by atoms with Crippen LogP contribution in [0.1, 0.15) is 19.8 Å². The van der Waals surface area contributed by atoms with Crippen molar-refractivity contribution in [1.29, 1.82) is 0 Å². The summed E-state index contributed by atoms with van der Waals surface area (Å²) in [5.74, 6) is -0.724. The van der Waals surface area contributed by atoms with E-state index in [4.69, 9.17) is 0 Å². The van der Waals surface area contributed by atoms with Crippen LogP contribution >= 0.6 is 12.6 Å². The maximum atomic E-state index is 11.6. The van der Waals surface area contributed by atoms with Gasteiger partial charge in [-0.3, -0.25) is 19.4 Å². The van der Waals surface area contributed by atoms with Crippen molar-refractivity contribution in [3.63, 3.8) is 0 Å². The van der Waals surface area contributed by atoms with Gasteiger partial charge >= 0.3 is 17.8 Å². The number of hydrogen-bond donors (Lipinski definition) is 1. The molecule has 1 aliphatic rings. The Balaban J connectivity index is 2.70. The molecule has 0 spiro atoms. The molecule has 0 radical (unpaired) electrons. The van der Waals surface area contributed by atoms with Crippen molar-refractivity contribution < 1.29 is 14.4 Å². The van der Waals surface area contributed by atoms with Crippen LogP contribution in [0.2, 0.25) is 0 Å². The fourth-order valence-corrected chi connectivity index (χ4v) is 1.98. The van der Waals surface area contributed by atoms with Crippen LogP contribution in [-0.4, -0.2) is 47.0 Å². The third-order valence-corrected chi connectivity index (χ3v) is 3.16. The molecule has 1 saturated heterocycles. The molecule has 5 nitrogen and oxygen atoms in total. The van der Waals surface area contributed by atoms with E-state index >= 15 is 0 Å². The average molecular weight is 244 g/mol. The molecule has 1 rings (SSSR count). The van der Waals surface area contributed by atoms with E-state index in [1.54, 1.807) is 0 Å². The van der Waals surface area contributed by atoms with E-state index in [1.807, 2.05) is 6.92 Å². The Labute approximate surface area is 100 Å². The van der Waals surface area contributed by atoms with Gasteiger partial charge in [0, 0.05) is 13.6 Å². The lowest BCUT2D eigenvalue weighted by Crippen LogP contribution is -2.36. The van der Waals surface area contributed by atoms with Gasteiger partial charge in [0.15, 0.2) is 0 Å². The SMILES string of the molecule is CCCC(CS)CN1C(=O)C(=O)N(C)C1=O. The predicted molar refractivity (Wildman–Crippen MR) is 62.1 cm³/mol. The molecule has 0 bridgehead atoms. The molecule has 0 N–H and O–H groups in total. The van der Waals surface area contributed by atoms with Crippen molar-refractivity contribution in [2.24, 2.45) is 5.92 Å². The zero-order valence-electron chi connectivity index (χ0n) is 9.47. The van der Waals surface area contributed by atoms with E-state index in [-0.39, 0.29) is 12.5 Å². The zero-order chi connectivity index (χ0) is 12.3. The van der Waals surface area contributed by atoms with Gasteiger partial charge in [-0.25, -0.2) is 4.79 Å². The first-order valence-electron chi connectivity index (χ1n) is 5.27. The van der Waals surface area contributed by atoms with E-state index in [0.717, 1.165) is 22.6 Å². The van der Waals surface area contributed by atoms with E-state index < -0.39 is 17.8 Å². The molecule has 0 aromatic heterocycles. The summed E-state index contributed by atoms with van der Waals surface area (Å²) in [5.41, 5.74) is 0. The van der Waals surface area contributed by atoms with Crippen molar-refractivity contribution in [2.75, 3.05) is 19.3 Å². The fourth-order valence-electron chi connectivity index (χ4n) is 1.68. The fraction of sp³-hybridized carbons (Fsp3) is 0.700. The summed E-state index contributed by atoms with van der Waals surface area (Å²) < 4.78 is 0. The molecule has 0 saturated carbocycles. The second kappa shape index (κ2) is 5.34. The highest BCUT2D eigenvalue weighted by molar-refractivity contribution is 7.80. The number of carbonyl (C=O) groups is 3. The number of likely N-dealkylation sites (N-methyl/N-ethyl adjacent to an activating group) is 1. The molecular weight excluding hydrogens is 228 g/mol. The molecule has 1 atom stereocenters. The van der Waals surface area contributed by atoms with Crippen molar-refractivity contribution >= 4 is 30.5 Å². The molecule has 6 heteroatoms. The van der Waals surface area contributed by atoms with Crippen molar-refractivity contribution in [3.8, 4) is 0 Å². The average Bonchev–Trinajstić information content (AvgIpc) is 2.46. The minimum atomic E-state index is -0.751. The van der Waals surface area contributed by atoms with Gasteiger partial charge in [-0.05, 0) is 18.1 Å². The number of rotatable bonds is 5. The molecule has 90 valence electrons. The third-order valence-electron chi connectivity index (χ3n) is 2.65. The summed E-state index contributed by atoms with van der Waals surface area (Å²) in [6, 6.07) is -0.530. The number of nitrogens with zero attached hydrogens (tertiary/aromatic N) is 2. The summed E-state index contributed by atoms with van der Waals surface area (Å²) >= 11 is 4.18. The smallest absolute Gasteiger partial charge is 0.263 e. The van der Waals surface area contributed by atoms with E-state index in [9.17, 15) is 14.4 Å². The maximum absolute atomic E-state index is 11.6. The van der Waals surface area contributed by atoms with Gasteiger partial charge in [-0.2, -0.15) is 12.6 Å². The molecule has 0 aliphatic carbocycles. The Kier molecular flexibility index (Phi) is 4.35. The normalized spacial score (nSPS) is 18.6. The Morgan fingerprint density at radius 2 is 1.88 bits per heavy atom. The van der Waals surface area contributed by atoms with Crippen LogP contribution < -0.4 is 0 Å². The summed E-state index contributed by atoms with van der Waals surface area (Å²) in [5, 5.41) is 0. The number of urea groups is 1. The lowest BCUT2D eigenvalue weighted by Gasteiger charge is -2.19. The number of amides is 4. The Bertz CT molecular complexity index is 319. The van der Waals surface area contributed by atoms with Crippen LogP contribution in [0.3, 0.4) is 0 Å². The van der Waals surface area contributed by atoms with Crippen LogP contribution in [0.25, 0.3) is 0 Å². The second-order valence-electron chi connectivity index (χ2n) is 3.90. The molecule has 4 amide bonds. The first kappa shape index (κ1) is 13.0. The monoisotopic (exact) mass is 244 g/mol. The highest BCUT2D eigenvalue weighted by Gasteiger charge is 2.42. The predicted octanol–water partition coefficient (Wildman–Crippen LogP) is 0.753. The number of hydrogen-bond acceptors (Lipinski definition) is 4. The van der Waals surface area contributed by atoms with Gasteiger partial charge < -0.3 is 0 Å². The van der Waals surface area contributed by atoms with Crippen LogP contribution in [0.4, 0.5) is 4.79 Å². The van der Waals surface area contributed by atoms with Crippen molar-refractivity contribution in [3.05, 3.63) is 0 Å². The Hall–Kier alpha value is -1.04. The molecular formula is C10H16N2O3S. The molecule has 16 heavy (non-hydrogen) atoms. The zero-order valence-corrected chi connectivity index (χ0v) is 10.4. The molecule has 1 aliphatic heterocycles. The van der Waals surface area contributed by atoms with Crippen molar-refractivity contribution in [2.45, 2.75) is 19.8 Å². The van der Waals surface area contributed by atoms with Gasteiger partial charge in [0.1, 0.15) is 0 Å². The second-order valence-corrected chi connectivity index (χ2v) is 4.26. The molecule has 1 unspecified atom stereocenters. The summed E-state index contributed by atoms with van der Waals surface area (Å²) in [4.78, 5) is 36.2. The van der Waals surface area contributed by atoms with Crippen LogP contribution in [0.15, 0.2) is 0 Å². The van der Waals surface area contributed by atoms with Crippen LogP contribution in [-0.2, 0) is 9.59 Å². The van der Waals surface area contributed by atoms with Crippen LogP contribution in [0, 0.1) is 5.92 Å². The maximum Gasteiger partial charge on any atom is 0.333 e. The van der Waals surface area contributed by atoms with Crippen molar-refractivity contribution in [1.82, 2.24) is 9.80 Å². The first-order valence-corrected chi connectivity index (χ1v) is 5.90. The Morgan fingerprint density at radius 3 is 2.25 bits per heavy atom. The van der Waals surface area contributed by atoms with Crippen LogP contribution in [0.5, 0.6) is 0 Å². The standard InChI is InChI=1S/C10H16N2O3S/c1-3-4-7(6-16)5-12-9(14)8(13)11(2)10(12)15/h7,16H,3-6H2,1-2H3. The highest BCUT2D eigenvalue weighted by Crippen LogP contribution is 2.16. The van der Waals surface area contributed by atoms with Gasteiger partial charge in [0.25, 0.3) is 0 Å². The van der Waals surface area contributed by atoms with Gasteiger partial charge in [-0.1, -0.05) is 13.3 Å². The minimum Gasteiger partial charge on any atom is -0.263 e. The molecule has 1 heterocycles. The number of imide groups is 2. The lowest BCUT2D eigenvalue weighted by molar-refractivity contribution is -0.143. The Morgan fingerprint density at radius 1 is 1.25 bits per heavy atom. The molecule has 0 aromatic rings. The van der Waals surface area contributed by atoms with Gasteiger partial charge in [-0.15, -0.1) is 0 Å². The summed E-state index contributed by atoms with van der Waals surface area (Å²) in [7, 11) is 1.32. The summed E-state index contributed by atoms with van der Waals surface area (Å²) in [6.45, 7) is 2.31. The number of carbonyl (C=O) groups excluding carboxylic acids is 3. The van der Waals surface area contributed by atoms with Gasteiger partial charge in [0.05, 0.1) is 0 Å². The van der Waals surface area contributed by atoms with Gasteiger partial charge in [0.2, 0.25) is 0 Å². The highest BCUT2D eigenvalue weighted by atomic mass is 32.1. The first-order chi connectivity index (χ1) is 7.52.